The summed E-state index contributed by atoms with van der Waals surface area (Å²) in [5, 5.41) is 7.41. The summed E-state index contributed by atoms with van der Waals surface area (Å²) in [7, 11) is 1.86. The fourth-order valence-electron chi connectivity index (χ4n) is 2.24. The van der Waals surface area contributed by atoms with Crippen molar-refractivity contribution in [3.05, 3.63) is 34.1 Å². The SMILES string of the molecule is Cn1nc(-c2ccc(Cl)cc2)n(N2CCOCC2)c1=S. The van der Waals surface area contributed by atoms with E-state index in [4.69, 9.17) is 28.6 Å². The van der Waals surface area contributed by atoms with Gasteiger partial charge in [-0.1, -0.05) is 11.6 Å². The minimum atomic E-state index is 0.678. The Morgan fingerprint density at radius 1 is 1.20 bits per heavy atom. The van der Waals surface area contributed by atoms with Crippen molar-refractivity contribution in [1.82, 2.24) is 14.5 Å². The average molecular weight is 311 g/mol. The first kappa shape index (κ1) is 13.6. The maximum Gasteiger partial charge on any atom is 0.217 e. The molecular formula is C13H15ClN4OS. The van der Waals surface area contributed by atoms with Crippen LogP contribution in [-0.2, 0) is 11.8 Å². The topological polar surface area (TPSA) is 35.2 Å². The van der Waals surface area contributed by atoms with Gasteiger partial charge in [-0.15, -0.1) is 0 Å². The molecule has 1 aromatic heterocycles. The molecule has 0 atom stereocenters. The number of benzene rings is 1. The van der Waals surface area contributed by atoms with Gasteiger partial charge in [0.1, 0.15) is 0 Å². The van der Waals surface area contributed by atoms with E-state index in [9.17, 15) is 0 Å². The Balaban J connectivity index is 2.08. The third-order valence-electron chi connectivity index (χ3n) is 3.28. The van der Waals surface area contributed by atoms with Crippen molar-refractivity contribution in [2.24, 2.45) is 7.05 Å². The van der Waals surface area contributed by atoms with E-state index in [-0.39, 0.29) is 0 Å². The second kappa shape index (κ2) is 5.55. The lowest BCUT2D eigenvalue weighted by molar-refractivity contribution is 0.111. The van der Waals surface area contributed by atoms with Gasteiger partial charge in [-0.05, 0) is 36.5 Å². The number of rotatable bonds is 2. The van der Waals surface area contributed by atoms with Crippen LogP contribution in [-0.4, -0.2) is 40.8 Å². The average Bonchev–Trinajstić information content (AvgIpc) is 2.77. The molecule has 7 heteroatoms. The number of morpholine rings is 1. The summed E-state index contributed by atoms with van der Waals surface area (Å²) < 4.78 is 9.78. The van der Waals surface area contributed by atoms with Gasteiger partial charge >= 0.3 is 0 Å². The van der Waals surface area contributed by atoms with Crippen molar-refractivity contribution in [3.63, 3.8) is 0 Å². The fourth-order valence-corrected chi connectivity index (χ4v) is 2.61. The largest absolute Gasteiger partial charge is 0.378 e. The van der Waals surface area contributed by atoms with Gasteiger partial charge in [-0.2, -0.15) is 5.10 Å². The van der Waals surface area contributed by atoms with Crippen LogP contribution in [0.15, 0.2) is 24.3 Å². The second-order valence-electron chi connectivity index (χ2n) is 4.61. The number of aryl methyl sites for hydroxylation is 1. The summed E-state index contributed by atoms with van der Waals surface area (Å²) in [5.74, 6) is 0.830. The maximum absolute atomic E-state index is 5.94. The molecule has 0 bridgehead atoms. The van der Waals surface area contributed by atoms with E-state index in [1.54, 1.807) is 4.68 Å². The number of halogens is 1. The Labute approximate surface area is 127 Å². The van der Waals surface area contributed by atoms with E-state index in [0.717, 1.165) is 24.5 Å². The summed E-state index contributed by atoms with van der Waals surface area (Å²) in [6.45, 7) is 3.02. The van der Waals surface area contributed by atoms with Crippen LogP contribution in [0, 0.1) is 4.77 Å². The van der Waals surface area contributed by atoms with Gasteiger partial charge in [-0.25, -0.2) is 9.36 Å². The zero-order chi connectivity index (χ0) is 14.1. The van der Waals surface area contributed by atoms with Gasteiger partial charge in [0, 0.05) is 17.6 Å². The molecule has 1 saturated heterocycles. The Hall–Kier alpha value is -1.37. The molecule has 5 nitrogen and oxygen atoms in total. The number of hydrogen-bond donors (Lipinski definition) is 0. The molecule has 0 radical (unpaired) electrons. The molecule has 1 aliphatic rings. The first-order chi connectivity index (χ1) is 9.66. The van der Waals surface area contributed by atoms with Gasteiger partial charge < -0.3 is 9.75 Å². The minimum absolute atomic E-state index is 0.678. The molecule has 0 amide bonds. The minimum Gasteiger partial charge on any atom is -0.378 e. The molecular weight excluding hydrogens is 296 g/mol. The standard InChI is InChI=1S/C13H15ClN4OS/c1-16-13(20)18(17-6-8-19-9-7-17)12(15-16)10-2-4-11(14)5-3-10/h2-5H,6-9H2,1H3. The van der Waals surface area contributed by atoms with Crippen molar-refractivity contribution in [3.8, 4) is 11.4 Å². The van der Waals surface area contributed by atoms with Gasteiger partial charge in [0.2, 0.25) is 4.77 Å². The Bertz CT molecular complexity index is 658. The molecule has 0 aliphatic carbocycles. The highest BCUT2D eigenvalue weighted by Gasteiger charge is 2.18. The first-order valence-electron chi connectivity index (χ1n) is 6.42. The molecule has 0 saturated carbocycles. The Kier molecular flexibility index (Phi) is 3.78. The Morgan fingerprint density at radius 3 is 2.50 bits per heavy atom. The summed E-state index contributed by atoms with van der Waals surface area (Å²) in [6, 6.07) is 7.63. The van der Waals surface area contributed by atoms with E-state index in [0.29, 0.717) is 23.0 Å². The quantitative estimate of drug-likeness (QED) is 0.797. The zero-order valence-electron chi connectivity index (χ0n) is 11.1. The first-order valence-corrected chi connectivity index (χ1v) is 7.20. The molecule has 2 aromatic rings. The third-order valence-corrected chi connectivity index (χ3v) is 3.97. The highest BCUT2D eigenvalue weighted by Crippen LogP contribution is 2.21. The Morgan fingerprint density at radius 2 is 1.85 bits per heavy atom. The molecule has 1 aliphatic heterocycles. The molecule has 1 aromatic carbocycles. The molecule has 1 fully saturated rings. The van der Waals surface area contributed by atoms with Gasteiger partial charge in [0.05, 0.1) is 26.3 Å². The summed E-state index contributed by atoms with van der Waals surface area (Å²) >= 11 is 11.4. The van der Waals surface area contributed by atoms with Crippen LogP contribution >= 0.6 is 23.8 Å². The van der Waals surface area contributed by atoms with Crippen LogP contribution in [0.25, 0.3) is 11.4 Å². The van der Waals surface area contributed by atoms with Crippen molar-refractivity contribution in [2.45, 2.75) is 0 Å². The number of nitrogens with zero attached hydrogens (tertiary/aromatic N) is 4. The fraction of sp³-hybridized carbons (Fsp3) is 0.385. The van der Waals surface area contributed by atoms with Crippen molar-refractivity contribution < 1.29 is 4.74 Å². The maximum atomic E-state index is 5.94. The zero-order valence-corrected chi connectivity index (χ0v) is 12.7. The molecule has 106 valence electrons. The molecule has 3 rings (SSSR count). The number of hydrogen-bond acceptors (Lipinski definition) is 4. The molecule has 2 heterocycles. The van der Waals surface area contributed by atoms with E-state index in [1.165, 1.54) is 0 Å². The smallest absolute Gasteiger partial charge is 0.217 e. The predicted molar refractivity (Wildman–Crippen MR) is 81.2 cm³/mol. The van der Waals surface area contributed by atoms with Gasteiger partial charge in [-0.3, -0.25) is 0 Å². The third kappa shape index (κ3) is 2.46. The van der Waals surface area contributed by atoms with Gasteiger partial charge in [0.25, 0.3) is 0 Å². The molecule has 0 spiro atoms. The van der Waals surface area contributed by atoms with Crippen LogP contribution in [0.4, 0.5) is 0 Å². The lowest BCUT2D eigenvalue weighted by atomic mass is 10.2. The number of ether oxygens (including phenoxy) is 1. The van der Waals surface area contributed by atoms with Crippen LogP contribution in [0.3, 0.4) is 0 Å². The van der Waals surface area contributed by atoms with Crippen LogP contribution in [0.5, 0.6) is 0 Å². The highest BCUT2D eigenvalue weighted by atomic mass is 35.5. The van der Waals surface area contributed by atoms with Crippen molar-refractivity contribution in [1.29, 1.82) is 0 Å². The number of aromatic nitrogens is 3. The van der Waals surface area contributed by atoms with Crippen LogP contribution in [0.2, 0.25) is 5.02 Å². The normalized spacial score (nSPS) is 15.6. The van der Waals surface area contributed by atoms with E-state index in [1.807, 2.05) is 36.0 Å². The lowest BCUT2D eigenvalue weighted by Gasteiger charge is -2.30. The van der Waals surface area contributed by atoms with Crippen molar-refractivity contribution >= 4 is 23.8 Å². The van der Waals surface area contributed by atoms with Crippen LogP contribution < -0.4 is 5.01 Å². The summed E-state index contributed by atoms with van der Waals surface area (Å²) in [5.41, 5.74) is 0.993. The molecule has 0 unspecified atom stereocenters. The lowest BCUT2D eigenvalue weighted by Crippen LogP contribution is -2.44. The predicted octanol–water partition coefficient (Wildman–Crippen LogP) is 2.24. The van der Waals surface area contributed by atoms with Gasteiger partial charge in [0.15, 0.2) is 5.82 Å². The van der Waals surface area contributed by atoms with E-state index >= 15 is 0 Å². The van der Waals surface area contributed by atoms with Crippen molar-refractivity contribution in [2.75, 3.05) is 31.3 Å². The van der Waals surface area contributed by atoms with E-state index in [2.05, 4.69) is 10.1 Å². The molecule has 20 heavy (non-hydrogen) atoms. The van der Waals surface area contributed by atoms with E-state index < -0.39 is 0 Å². The highest BCUT2D eigenvalue weighted by molar-refractivity contribution is 7.71. The summed E-state index contributed by atoms with van der Waals surface area (Å²) in [4.78, 5) is 0. The summed E-state index contributed by atoms with van der Waals surface area (Å²) in [6.07, 6.45) is 0. The second-order valence-corrected chi connectivity index (χ2v) is 5.42. The molecule has 0 N–H and O–H groups in total. The van der Waals surface area contributed by atoms with Crippen LogP contribution in [0.1, 0.15) is 0 Å². The monoisotopic (exact) mass is 310 g/mol.